The number of fused-ring (bicyclic) bond motifs is 1. The van der Waals surface area contributed by atoms with E-state index in [0.29, 0.717) is 19.8 Å². The summed E-state index contributed by atoms with van der Waals surface area (Å²) >= 11 is 0. The lowest BCUT2D eigenvalue weighted by Gasteiger charge is -2.30. The van der Waals surface area contributed by atoms with E-state index in [9.17, 15) is 5.11 Å². The number of β-amino-alcohol motifs (C(OH)–C–C–N with tert-alkyl or cyclic N) is 1. The van der Waals surface area contributed by atoms with Crippen LogP contribution in [-0.4, -0.2) is 50.0 Å². The standard InChI is InChI=1S/C21H27NO4/c1-24-20-7-8-21(25-2)18(11-20)14-26-15-19(23)13-22-10-9-16-5-3-4-6-17(16)12-22/h3-8,11,19,23H,9-10,12-15H2,1-2H3. The van der Waals surface area contributed by atoms with Gasteiger partial charge in [-0.15, -0.1) is 0 Å². The van der Waals surface area contributed by atoms with Gasteiger partial charge >= 0.3 is 0 Å². The minimum atomic E-state index is -0.517. The molecule has 0 bridgehead atoms. The smallest absolute Gasteiger partial charge is 0.124 e. The van der Waals surface area contributed by atoms with Gasteiger partial charge in [-0.2, -0.15) is 0 Å². The van der Waals surface area contributed by atoms with Gasteiger partial charge in [-0.3, -0.25) is 4.90 Å². The molecule has 26 heavy (non-hydrogen) atoms. The molecule has 5 heteroatoms. The van der Waals surface area contributed by atoms with E-state index in [1.807, 2.05) is 18.2 Å². The van der Waals surface area contributed by atoms with Crippen molar-refractivity contribution < 1.29 is 19.3 Å². The van der Waals surface area contributed by atoms with Crippen LogP contribution in [-0.2, 0) is 24.3 Å². The van der Waals surface area contributed by atoms with Crippen molar-refractivity contribution in [1.29, 1.82) is 0 Å². The molecule has 0 spiro atoms. The Hall–Kier alpha value is -2.08. The monoisotopic (exact) mass is 357 g/mol. The van der Waals surface area contributed by atoms with Crippen molar-refractivity contribution in [2.75, 3.05) is 33.9 Å². The predicted molar refractivity (Wildman–Crippen MR) is 101 cm³/mol. The number of benzene rings is 2. The first-order valence-corrected chi connectivity index (χ1v) is 8.95. The third kappa shape index (κ3) is 4.75. The minimum Gasteiger partial charge on any atom is -0.497 e. The van der Waals surface area contributed by atoms with E-state index in [4.69, 9.17) is 14.2 Å². The molecule has 1 N–H and O–H groups in total. The Morgan fingerprint density at radius 3 is 2.65 bits per heavy atom. The molecule has 1 aliphatic heterocycles. The Labute approximate surface area is 155 Å². The van der Waals surface area contributed by atoms with E-state index in [1.165, 1.54) is 11.1 Å². The first kappa shape index (κ1) is 18.7. The van der Waals surface area contributed by atoms with Crippen molar-refractivity contribution in [3.8, 4) is 11.5 Å². The molecule has 0 radical (unpaired) electrons. The van der Waals surface area contributed by atoms with Crippen LogP contribution in [0.4, 0.5) is 0 Å². The minimum absolute atomic E-state index is 0.290. The summed E-state index contributed by atoms with van der Waals surface area (Å²) in [6, 6.07) is 14.1. The fraction of sp³-hybridized carbons (Fsp3) is 0.429. The van der Waals surface area contributed by atoms with Gasteiger partial charge in [0.15, 0.2) is 0 Å². The lowest BCUT2D eigenvalue weighted by atomic mass is 10.00. The number of aliphatic hydroxyl groups is 1. The van der Waals surface area contributed by atoms with Crippen LogP contribution in [0.2, 0.25) is 0 Å². The molecule has 0 aromatic heterocycles. The van der Waals surface area contributed by atoms with Gasteiger partial charge in [-0.25, -0.2) is 0 Å². The Morgan fingerprint density at radius 1 is 1.08 bits per heavy atom. The molecule has 1 heterocycles. The van der Waals surface area contributed by atoms with Crippen LogP contribution in [0.15, 0.2) is 42.5 Å². The summed E-state index contributed by atoms with van der Waals surface area (Å²) in [5, 5.41) is 10.3. The van der Waals surface area contributed by atoms with Crippen LogP contribution < -0.4 is 9.47 Å². The van der Waals surface area contributed by atoms with Gasteiger partial charge in [0.05, 0.1) is 33.5 Å². The zero-order valence-electron chi connectivity index (χ0n) is 15.5. The maximum Gasteiger partial charge on any atom is 0.124 e. The Bertz CT molecular complexity index is 719. The maximum atomic E-state index is 10.3. The molecule has 3 rings (SSSR count). The predicted octanol–water partition coefficient (Wildman–Crippen LogP) is 2.64. The summed E-state index contributed by atoms with van der Waals surface area (Å²) < 4.78 is 16.3. The molecule has 140 valence electrons. The van der Waals surface area contributed by atoms with Crippen molar-refractivity contribution in [2.45, 2.75) is 25.7 Å². The highest BCUT2D eigenvalue weighted by Gasteiger charge is 2.18. The van der Waals surface area contributed by atoms with E-state index in [1.54, 1.807) is 14.2 Å². The number of hydrogen-bond donors (Lipinski definition) is 1. The van der Waals surface area contributed by atoms with Crippen LogP contribution in [0.1, 0.15) is 16.7 Å². The molecule has 2 aromatic rings. The van der Waals surface area contributed by atoms with Gasteiger partial charge in [-0.1, -0.05) is 24.3 Å². The Kier molecular flexibility index (Phi) is 6.50. The number of methoxy groups -OCH3 is 2. The van der Waals surface area contributed by atoms with Gasteiger partial charge in [0, 0.05) is 25.2 Å². The first-order chi connectivity index (χ1) is 12.7. The maximum absolute atomic E-state index is 10.3. The van der Waals surface area contributed by atoms with Gasteiger partial charge in [0.25, 0.3) is 0 Å². The van der Waals surface area contributed by atoms with Crippen LogP contribution in [0, 0.1) is 0 Å². The Balaban J connectivity index is 1.47. The molecule has 0 fully saturated rings. The van der Waals surface area contributed by atoms with Gasteiger partial charge in [-0.05, 0) is 35.7 Å². The highest BCUT2D eigenvalue weighted by Crippen LogP contribution is 2.24. The summed E-state index contributed by atoms with van der Waals surface area (Å²) in [5.41, 5.74) is 3.68. The zero-order valence-corrected chi connectivity index (χ0v) is 15.5. The normalized spacial score (nSPS) is 15.3. The van der Waals surface area contributed by atoms with E-state index in [2.05, 4.69) is 29.2 Å². The van der Waals surface area contributed by atoms with Crippen LogP contribution in [0.3, 0.4) is 0 Å². The van der Waals surface area contributed by atoms with E-state index < -0.39 is 6.10 Å². The molecule has 0 saturated heterocycles. The van der Waals surface area contributed by atoms with Gasteiger partial charge in [0.1, 0.15) is 11.5 Å². The third-order valence-electron chi connectivity index (χ3n) is 4.73. The second kappa shape index (κ2) is 9.03. The fourth-order valence-corrected chi connectivity index (χ4v) is 3.36. The number of rotatable bonds is 8. The lowest BCUT2D eigenvalue weighted by molar-refractivity contribution is 0.00724. The topological polar surface area (TPSA) is 51.2 Å². The highest BCUT2D eigenvalue weighted by atomic mass is 16.5. The summed E-state index contributed by atoms with van der Waals surface area (Å²) in [5.74, 6) is 1.52. The third-order valence-corrected chi connectivity index (χ3v) is 4.73. The molecule has 5 nitrogen and oxygen atoms in total. The van der Waals surface area contributed by atoms with Gasteiger partial charge in [0.2, 0.25) is 0 Å². The molecule has 0 saturated carbocycles. The molecule has 0 amide bonds. The lowest BCUT2D eigenvalue weighted by Crippen LogP contribution is -2.38. The number of aliphatic hydroxyl groups excluding tert-OH is 1. The SMILES string of the molecule is COc1ccc(OC)c(COCC(O)CN2CCc3ccccc3C2)c1. The highest BCUT2D eigenvalue weighted by molar-refractivity contribution is 5.39. The van der Waals surface area contributed by atoms with Crippen LogP contribution in [0.5, 0.6) is 11.5 Å². The van der Waals surface area contributed by atoms with E-state index in [-0.39, 0.29) is 0 Å². The van der Waals surface area contributed by atoms with Crippen molar-refractivity contribution >= 4 is 0 Å². The van der Waals surface area contributed by atoms with Crippen LogP contribution in [0.25, 0.3) is 0 Å². The molecule has 1 aliphatic rings. The average Bonchev–Trinajstić information content (AvgIpc) is 2.67. The largest absolute Gasteiger partial charge is 0.497 e. The first-order valence-electron chi connectivity index (χ1n) is 8.95. The molecule has 0 aliphatic carbocycles. The number of hydrogen-bond acceptors (Lipinski definition) is 5. The van der Waals surface area contributed by atoms with Crippen molar-refractivity contribution in [2.24, 2.45) is 0 Å². The molecule has 1 atom stereocenters. The number of nitrogens with zero attached hydrogens (tertiary/aromatic N) is 1. The molecule has 1 unspecified atom stereocenters. The molecular formula is C21H27NO4. The summed E-state index contributed by atoms with van der Waals surface area (Å²) in [4.78, 5) is 2.28. The van der Waals surface area contributed by atoms with E-state index >= 15 is 0 Å². The van der Waals surface area contributed by atoms with Gasteiger partial charge < -0.3 is 19.3 Å². The summed E-state index contributed by atoms with van der Waals surface area (Å²) in [7, 11) is 3.27. The molecular weight excluding hydrogens is 330 g/mol. The molecule has 2 aromatic carbocycles. The zero-order chi connectivity index (χ0) is 18.4. The average molecular weight is 357 g/mol. The Morgan fingerprint density at radius 2 is 1.88 bits per heavy atom. The van der Waals surface area contributed by atoms with E-state index in [0.717, 1.165) is 36.6 Å². The second-order valence-electron chi connectivity index (χ2n) is 6.60. The quantitative estimate of drug-likeness (QED) is 0.787. The van der Waals surface area contributed by atoms with Crippen LogP contribution >= 0.6 is 0 Å². The van der Waals surface area contributed by atoms with Crippen molar-refractivity contribution in [3.05, 3.63) is 59.2 Å². The van der Waals surface area contributed by atoms with Crippen molar-refractivity contribution in [1.82, 2.24) is 4.90 Å². The fourth-order valence-electron chi connectivity index (χ4n) is 3.36. The summed E-state index contributed by atoms with van der Waals surface area (Å²) in [6.07, 6.45) is 0.516. The second-order valence-corrected chi connectivity index (χ2v) is 6.60. The summed E-state index contributed by atoms with van der Waals surface area (Å²) in [6.45, 7) is 3.14. The number of ether oxygens (including phenoxy) is 3. The van der Waals surface area contributed by atoms with Crippen molar-refractivity contribution in [3.63, 3.8) is 0 Å².